The molecule has 3 rings (SSSR count). The zero-order valence-electron chi connectivity index (χ0n) is 16.9. The maximum Gasteiger partial charge on any atom is 0.130 e. The van der Waals surface area contributed by atoms with E-state index < -0.39 is 0 Å². The molecule has 0 aliphatic heterocycles. The van der Waals surface area contributed by atoms with Crippen LogP contribution in [0.1, 0.15) is 25.0 Å². The van der Waals surface area contributed by atoms with Gasteiger partial charge in [-0.05, 0) is 59.6 Å². The second kappa shape index (κ2) is 8.98. The average molecular weight is 360 g/mol. The summed E-state index contributed by atoms with van der Waals surface area (Å²) < 4.78 is 0. The lowest BCUT2D eigenvalue weighted by molar-refractivity contribution is -0.786. The van der Waals surface area contributed by atoms with Gasteiger partial charge in [-0.15, -0.1) is 0 Å². The first kappa shape index (κ1) is 19.3. The van der Waals surface area contributed by atoms with E-state index in [-0.39, 0.29) is 0 Å². The molecule has 140 valence electrons. The molecule has 0 bridgehead atoms. The summed E-state index contributed by atoms with van der Waals surface area (Å²) in [5.41, 5.74) is 6.38. The van der Waals surface area contributed by atoms with Gasteiger partial charge in [0.2, 0.25) is 0 Å². The highest BCUT2D eigenvalue weighted by Crippen LogP contribution is 2.30. The maximum absolute atomic E-state index is 2.46. The molecule has 0 fully saturated rings. The van der Waals surface area contributed by atoms with E-state index in [4.69, 9.17) is 0 Å². The van der Waals surface area contributed by atoms with E-state index in [0.717, 1.165) is 13.1 Å². The third-order valence-electron chi connectivity index (χ3n) is 5.28. The molecule has 0 spiro atoms. The van der Waals surface area contributed by atoms with Gasteiger partial charge in [0.15, 0.2) is 0 Å². The van der Waals surface area contributed by atoms with Crippen molar-refractivity contribution in [2.24, 2.45) is 0 Å². The fourth-order valence-electron chi connectivity index (χ4n) is 3.65. The van der Waals surface area contributed by atoms with Crippen molar-refractivity contribution in [2.45, 2.75) is 19.9 Å². The molecule has 0 unspecified atom stereocenters. The Kier molecular flexibility index (Phi) is 6.44. The summed E-state index contributed by atoms with van der Waals surface area (Å²) in [4.78, 5) is 3.80. The number of hydrogen-bond acceptors (Lipinski definition) is 1. The van der Waals surface area contributed by atoms with Crippen LogP contribution in [0, 0.1) is 0 Å². The molecule has 0 amide bonds. The van der Waals surface area contributed by atoms with E-state index in [1.165, 1.54) is 32.9 Å². The number of benzene rings is 2. The van der Waals surface area contributed by atoms with Gasteiger partial charge in [-0.25, -0.2) is 0 Å². The maximum atomic E-state index is 2.46. The van der Waals surface area contributed by atoms with Gasteiger partial charge in [0.1, 0.15) is 5.69 Å². The van der Waals surface area contributed by atoms with Gasteiger partial charge in [0.25, 0.3) is 0 Å². The Hall–Kier alpha value is -2.42. The van der Waals surface area contributed by atoms with Crippen molar-refractivity contribution in [1.29, 1.82) is 0 Å². The minimum Gasteiger partial charge on any atom is -0.307 e. The Bertz CT molecular complexity index is 806. The second-order valence-corrected chi connectivity index (χ2v) is 7.20. The summed E-state index contributed by atoms with van der Waals surface area (Å²) in [6.07, 6.45) is 9.22. The molecular formula is C25H31N2+. The van der Waals surface area contributed by atoms with Crippen LogP contribution in [0.5, 0.6) is 0 Å². The van der Waals surface area contributed by atoms with Crippen molar-refractivity contribution in [3.63, 3.8) is 0 Å². The van der Waals surface area contributed by atoms with Crippen LogP contribution >= 0.6 is 0 Å². The summed E-state index contributed by atoms with van der Waals surface area (Å²) in [6, 6.07) is 20.0. The zero-order chi connectivity index (χ0) is 19.2. The number of hydrogen-bond donors (Lipinski definition) is 1. The molecule has 1 aliphatic carbocycles. The molecule has 2 aromatic carbocycles. The van der Waals surface area contributed by atoms with Crippen molar-refractivity contribution in [1.82, 2.24) is 4.90 Å². The van der Waals surface area contributed by atoms with Crippen LogP contribution in [0.15, 0.2) is 84.5 Å². The molecule has 0 saturated carbocycles. The van der Waals surface area contributed by atoms with Gasteiger partial charge < -0.3 is 4.90 Å². The minimum absolute atomic E-state index is 0.389. The molecule has 2 heteroatoms. The first-order chi connectivity index (χ1) is 13.1. The van der Waals surface area contributed by atoms with E-state index >= 15 is 0 Å². The van der Waals surface area contributed by atoms with Crippen LogP contribution in [0.4, 0.5) is 5.69 Å². The number of nitrogens with one attached hydrogen (secondary N) is 1. The van der Waals surface area contributed by atoms with Crippen LogP contribution in [-0.4, -0.2) is 38.1 Å². The molecule has 1 aliphatic rings. The second-order valence-electron chi connectivity index (χ2n) is 7.20. The summed E-state index contributed by atoms with van der Waals surface area (Å²) in [5, 5.41) is 0. The lowest BCUT2D eigenvalue weighted by Crippen LogP contribution is -3.00. The SMILES string of the molecule is CCN(CC)C1C=CC(=C(c2ccccc2)c2ccc([NH+](C)C)cc2)C=C1. The first-order valence-electron chi connectivity index (χ1n) is 9.95. The molecule has 1 N–H and O–H groups in total. The van der Waals surface area contributed by atoms with Gasteiger partial charge in [-0.2, -0.15) is 0 Å². The predicted octanol–water partition coefficient (Wildman–Crippen LogP) is 4.10. The van der Waals surface area contributed by atoms with Gasteiger partial charge >= 0.3 is 0 Å². The Balaban J connectivity index is 2.03. The highest BCUT2D eigenvalue weighted by atomic mass is 15.1. The third kappa shape index (κ3) is 4.47. The summed E-state index contributed by atoms with van der Waals surface area (Å²) in [7, 11) is 4.32. The average Bonchev–Trinajstić information content (AvgIpc) is 2.71. The van der Waals surface area contributed by atoms with Crippen molar-refractivity contribution in [3.05, 3.63) is 95.6 Å². The van der Waals surface area contributed by atoms with E-state index in [1.54, 1.807) is 0 Å². The Morgan fingerprint density at radius 3 is 1.89 bits per heavy atom. The van der Waals surface area contributed by atoms with Crippen molar-refractivity contribution < 1.29 is 4.90 Å². The first-order valence-corrected chi connectivity index (χ1v) is 9.95. The third-order valence-corrected chi connectivity index (χ3v) is 5.28. The standard InChI is InChI=1S/C25H30N2/c1-5-27(6-2)24-18-14-22(15-19-24)25(20-10-8-7-9-11-20)21-12-16-23(17-13-21)26(3)4/h7-19,24H,5-6H2,1-4H3/p+1. The minimum atomic E-state index is 0.389. The largest absolute Gasteiger partial charge is 0.307 e. The molecule has 0 atom stereocenters. The fourth-order valence-corrected chi connectivity index (χ4v) is 3.65. The van der Waals surface area contributed by atoms with Crippen molar-refractivity contribution in [3.8, 4) is 0 Å². The van der Waals surface area contributed by atoms with E-state index in [1.807, 2.05) is 0 Å². The molecule has 27 heavy (non-hydrogen) atoms. The van der Waals surface area contributed by atoms with Crippen molar-refractivity contribution in [2.75, 3.05) is 27.2 Å². The monoisotopic (exact) mass is 359 g/mol. The quantitative estimate of drug-likeness (QED) is 0.816. The van der Waals surface area contributed by atoms with Crippen molar-refractivity contribution >= 4 is 11.3 Å². The fraction of sp³-hybridized carbons (Fsp3) is 0.280. The molecule has 2 nitrogen and oxygen atoms in total. The number of quaternary nitrogens is 1. The normalized spacial score (nSPS) is 16.4. The summed E-state index contributed by atoms with van der Waals surface area (Å²) in [5.74, 6) is 0. The topological polar surface area (TPSA) is 7.68 Å². The molecule has 2 aromatic rings. The highest BCUT2D eigenvalue weighted by molar-refractivity contribution is 5.85. The summed E-state index contributed by atoms with van der Waals surface area (Å²) >= 11 is 0. The highest BCUT2D eigenvalue weighted by Gasteiger charge is 2.15. The lowest BCUT2D eigenvalue weighted by Gasteiger charge is -2.27. The van der Waals surface area contributed by atoms with E-state index in [2.05, 4.69) is 112 Å². The van der Waals surface area contributed by atoms with E-state index in [9.17, 15) is 0 Å². The van der Waals surface area contributed by atoms with Crippen LogP contribution in [-0.2, 0) is 0 Å². The molecule has 0 aromatic heterocycles. The predicted molar refractivity (Wildman–Crippen MR) is 116 cm³/mol. The number of allylic oxidation sites excluding steroid dienone is 3. The number of nitrogens with zero attached hydrogens (tertiary/aromatic N) is 1. The summed E-state index contributed by atoms with van der Waals surface area (Å²) in [6.45, 7) is 6.57. The Morgan fingerprint density at radius 2 is 1.37 bits per heavy atom. The van der Waals surface area contributed by atoms with Gasteiger partial charge in [0, 0.05) is 6.04 Å². The Morgan fingerprint density at radius 1 is 0.815 bits per heavy atom. The zero-order valence-corrected chi connectivity index (χ0v) is 16.9. The molecule has 0 heterocycles. The van der Waals surface area contributed by atoms with Gasteiger partial charge in [-0.3, -0.25) is 4.90 Å². The molecule has 0 radical (unpaired) electrons. The number of rotatable bonds is 6. The van der Waals surface area contributed by atoms with Crippen LogP contribution in [0.2, 0.25) is 0 Å². The van der Waals surface area contributed by atoms with Crippen LogP contribution in [0.3, 0.4) is 0 Å². The smallest absolute Gasteiger partial charge is 0.130 e. The molecule has 0 saturated heterocycles. The molecular weight excluding hydrogens is 328 g/mol. The van der Waals surface area contributed by atoms with Gasteiger partial charge in [-0.1, -0.05) is 68.5 Å². The van der Waals surface area contributed by atoms with Crippen LogP contribution < -0.4 is 4.90 Å². The number of likely N-dealkylation sites (N-methyl/N-ethyl adjacent to an activating group) is 1. The van der Waals surface area contributed by atoms with Crippen LogP contribution in [0.25, 0.3) is 5.57 Å². The van der Waals surface area contributed by atoms with Gasteiger partial charge in [0.05, 0.1) is 14.1 Å². The lowest BCUT2D eigenvalue weighted by atomic mass is 9.90. The van der Waals surface area contributed by atoms with E-state index in [0.29, 0.717) is 6.04 Å². The Labute approximate surface area is 164 Å².